The fourth-order valence-electron chi connectivity index (χ4n) is 0.941. The van der Waals surface area contributed by atoms with Crippen LogP contribution in [0, 0.1) is 0 Å². The Kier molecular flexibility index (Phi) is 9.27. The van der Waals surface area contributed by atoms with Gasteiger partial charge in [0.1, 0.15) is 0 Å². The molecule has 0 spiro atoms. The summed E-state index contributed by atoms with van der Waals surface area (Å²) in [6.07, 6.45) is 0. The largest absolute Gasteiger partial charge is 0.376 e. The number of hydrogen-bond donors (Lipinski definition) is 6. The standard InChI is InChI=1S/C8H21ClN6O2/c9-8(13-4-1-10,14-5-2-11)7(16)17-15-6-3-12/h13-15H,1-6,10-12H2. The van der Waals surface area contributed by atoms with Crippen molar-refractivity contribution in [3.8, 4) is 0 Å². The lowest BCUT2D eigenvalue weighted by Crippen LogP contribution is -2.61. The smallest absolute Gasteiger partial charge is 0.367 e. The fourth-order valence-corrected chi connectivity index (χ4v) is 1.17. The molecule has 8 nitrogen and oxygen atoms in total. The van der Waals surface area contributed by atoms with Crippen molar-refractivity contribution < 1.29 is 9.63 Å². The highest BCUT2D eigenvalue weighted by molar-refractivity contribution is 6.33. The molecule has 0 heterocycles. The molecular formula is C8H21ClN6O2. The molecule has 0 amide bonds. The Balaban J connectivity index is 4.26. The van der Waals surface area contributed by atoms with Crippen molar-refractivity contribution in [2.24, 2.45) is 17.2 Å². The van der Waals surface area contributed by atoms with Gasteiger partial charge in [0.05, 0.1) is 0 Å². The molecule has 0 unspecified atom stereocenters. The van der Waals surface area contributed by atoms with Crippen molar-refractivity contribution in [2.75, 3.05) is 39.3 Å². The predicted octanol–water partition coefficient (Wildman–Crippen LogP) is -3.02. The van der Waals surface area contributed by atoms with Crippen molar-refractivity contribution in [1.82, 2.24) is 16.1 Å². The Morgan fingerprint density at radius 3 is 1.94 bits per heavy atom. The van der Waals surface area contributed by atoms with E-state index in [0.717, 1.165) is 0 Å². The molecule has 102 valence electrons. The molecule has 0 aromatic rings. The first-order chi connectivity index (χ1) is 8.10. The van der Waals surface area contributed by atoms with E-state index in [1.165, 1.54) is 0 Å². The molecule has 0 aromatic carbocycles. The van der Waals surface area contributed by atoms with Gasteiger partial charge in [-0.2, -0.15) is 5.48 Å². The Labute approximate surface area is 105 Å². The molecule has 0 saturated carbocycles. The Hall–Kier alpha value is -0.480. The van der Waals surface area contributed by atoms with Crippen LogP contribution in [0.3, 0.4) is 0 Å². The number of hydrogen-bond acceptors (Lipinski definition) is 8. The summed E-state index contributed by atoms with van der Waals surface area (Å²) in [6, 6.07) is 0. The first-order valence-corrected chi connectivity index (χ1v) is 5.71. The lowest BCUT2D eigenvalue weighted by Gasteiger charge is -2.26. The second kappa shape index (κ2) is 9.54. The number of nitrogens with one attached hydrogen (secondary N) is 3. The average Bonchev–Trinajstić information content (AvgIpc) is 2.34. The third kappa shape index (κ3) is 6.74. The second-order valence-electron chi connectivity index (χ2n) is 3.16. The van der Waals surface area contributed by atoms with E-state index in [0.29, 0.717) is 39.3 Å². The molecule has 0 atom stereocenters. The van der Waals surface area contributed by atoms with Gasteiger partial charge in [-0.05, 0) is 0 Å². The Morgan fingerprint density at radius 1 is 1.06 bits per heavy atom. The van der Waals surface area contributed by atoms with Crippen molar-refractivity contribution in [3.05, 3.63) is 0 Å². The third-order valence-electron chi connectivity index (χ3n) is 1.72. The van der Waals surface area contributed by atoms with Gasteiger partial charge >= 0.3 is 5.97 Å². The van der Waals surface area contributed by atoms with Crippen LogP contribution in [0.25, 0.3) is 0 Å². The molecule has 0 fully saturated rings. The van der Waals surface area contributed by atoms with Crippen molar-refractivity contribution in [2.45, 2.75) is 5.12 Å². The van der Waals surface area contributed by atoms with Gasteiger partial charge in [-0.15, -0.1) is 0 Å². The molecule has 0 aliphatic carbocycles. The maximum atomic E-state index is 11.7. The summed E-state index contributed by atoms with van der Waals surface area (Å²) in [5, 5.41) is 3.93. The highest BCUT2D eigenvalue weighted by atomic mass is 35.5. The van der Waals surface area contributed by atoms with Gasteiger partial charge in [-0.25, -0.2) is 4.79 Å². The normalized spacial score (nSPS) is 11.5. The van der Waals surface area contributed by atoms with Gasteiger partial charge in [-0.1, -0.05) is 11.6 Å². The topological polar surface area (TPSA) is 140 Å². The summed E-state index contributed by atoms with van der Waals surface area (Å²) in [7, 11) is 0. The lowest BCUT2D eigenvalue weighted by molar-refractivity contribution is -0.156. The molecule has 0 aliphatic heterocycles. The van der Waals surface area contributed by atoms with Crippen LogP contribution in [-0.4, -0.2) is 50.4 Å². The number of hydroxylamine groups is 1. The number of rotatable bonds is 10. The highest BCUT2D eigenvalue weighted by Crippen LogP contribution is 2.08. The zero-order chi connectivity index (χ0) is 13.1. The quantitative estimate of drug-likeness (QED) is 0.0809. The van der Waals surface area contributed by atoms with Crippen LogP contribution in [0.2, 0.25) is 0 Å². The molecular weight excluding hydrogens is 248 g/mol. The minimum atomic E-state index is -1.54. The molecule has 0 rings (SSSR count). The summed E-state index contributed by atoms with van der Waals surface area (Å²) in [5.41, 5.74) is 18.3. The second-order valence-corrected chi connectivity index (χ2v) is 3.73. The SMILES string of the molecule is NCCNOC(=O)C(Cl)(NCCN)NCCN. The molecule has 9 heteroatoms. The zero-order valence-electron chi connectivity index (χ0n) is 9.67. The fraction of sp³-hybridized carbons (Fsp3) is 0.875. The van der Waals surface area contributed by atoms with Gasteiger partial charge in [0.15, 0.2) is 0 Å². The number of halogens is 1. The maximum Gasteiger partial charge on any atom is 0.376 e. The minimum absolute atomic E-state index is 0.336. The van der Waals surface area contributed by atoms with E-state index >= 15 is 0 Å². The molecule has 9 N–H and O–H groups in total. The van der Waals surface area contributed by atoms with Crippen LogP contribution in [0.5, 0.6) is 0 Å². The zero-order valence-corrected chi connectivity index (χ0v) is 10.4. The number of carbonyl (C=O) groups excluding carboxylic acids is 1. The van der Waals surface area contributed by atoms with E-state index in [-0.39, 0.29) is 0 Å². The lowest BCUT2D eigenvalue weighted by atomic mass is 10.4. The predicted molar refractivity (Wildman–Crippen MR) is 65.8 cm³/mol. The van der Waals surface area contributed by atoms with Crippen molar-refractivity contribution >= 4 is 17.6 Å². The highest BCUT2D eigenvalue weighted by Gasteiger charge is 2.37. The summed E-state index contributed by atoms with van der Waals surface area (Å²) < 4.78 is 0. The maximum absolute atomic E-state index is 11.7. The number of carbonyl (C=O) groups is 1. The molecule has 0 radical (unpaired) electrons. The number of alkyl halides is 1. The van der Waals surface area contributed by atoms with Crippen molar-refractivity contribution in [3.63, 3.8) is 0 Å². The van der Waals surface area contributed by atoms with Crippen LogP contribution in [0.1, 0.15) is 0 Å². The van der Waals surface area contributed by atoms with E-state index in [4.69, 9.17) is 33.6 Å². The average molecular weight is 269 g/mol. The summed E-state index contributed by atoms with van der Waals surface area (Å²) in [5.74, 6) is -0.713. The van der Waals surface area contributed by atoms with Gasteiger partial charge < -0.3 is 22.0 Å². The van der Waals surface area contributed by atoms with E-state index in [2.05, 4.69) is 16.1 Å². The molecule has 0 aliphatic rings. The Bertz CT molecular complexity index is 210. The molecule has 0 saturated heterocycles. The first-order valence-electron chi connectivity index (χ1n) is 5.34. The molecule has 0 aromatic heterocycles. The summed E-state index contributed by atoms with van der Waals surface area (Å²) in [4.78, 5) is 16.4. The van der Waals surface area contributed by atoms with Gasteiger partial charge in [0, 0.05) is 39.3 Å². The first kappa shape index (κ1) is 16.5. The summed E-state index contributed by atoms with van der Waals surface area (Å²) in [6.45, 7) is 2.06. The van der Waals surface area contributed by atoms with Crippen molar-refractivity contribution in [1.29, 1.82) is 0 Å². The van der Waals surface area contributed by atoms with E-state index in [9.17, 15) is 4.79 Å². The van der Waals surface area contributed by atoms with E-state index in [1.807, 2.05) is 0 Å². The van der Waals surface area contributed by atoms with Gasteiger partial charge in [-0.3, -0.25) is 10.6 Å². The number of nitrogens with two attached hydrogens (primary N) is 3. The van der Waals surface area contributed by atoms with Crippen LogP contribution < -0.4 is 33.3 Å². The third-order valence-corrected chi connectivity index (χ3v) is 2.14. The van der Waals surface area contributed by atoms with E-state index < -0.39 is 11.1 Å². The monoisotopic (exact) mass is 268 g/mol. The van der Waals surface area contributed by atoms with E-state index in [1.54, 1.807) is 0 Å². The van der Waals surface area contributed by atoms with Crippen LogP contribution >= 0.6 is 11.6 Å². The molecule has 0 bridgehead atoms. The van der Waals surface area contributed by atoms with Crippen LogP contribution in [-0.2, 0) is 9.63 Å². The minimum Gasteiger partial charge on any atom is -0.367 e. The van der Waals surface area contributed by atoms with Gasteiger partial charge in [0.25, 0.3) is 0 Å². The van der Waals surface area contributed by atoms with Crippen LogP contribution in [0.15, 0.2) is 0 Å². The van der Waals surface area contributed by atoms with Crippen LogP contribution in [0.4, 0.5) is 0 Å². The summed E-state index contributed by atoms with van der Waals surface area (Å²) >= 11 is 6.05. The Morgan fingerprint density at radius 2 is 1.53 bits per heavy atom. The molecule has 17 heavy (non-hydrogen) atoms. The van der Waals surface area contributed by atoms with Gasteiger partial charge in [0.2, 0.25) is 5.12 Å².